The first-order valence-electron chi connectivity index (χ1n) is 6.90. The number of fused-ring (bicyclic) bond motifs is 1. The molecule has 1 nitrogen and oxygen atoms in total. The molecule has 0 aromatic heterocycles. The Kier molecular flexibility index (Phi) is 4.04. The van der Waals surface area contributed by atoms with Crippen LogP contribution in [0.25, 0.3) is 0 Å². The highest BCUT2D eigenvalue weighted by atomic mass is 79.9. The highest BCUT2D eigenvalue weighted by molar-refractivity contribution is 9.10. The van der Waals surface area contributed by atoms with Crippen LogP contribution in [0.15, 0.2) is 46.9 Å². The van der Waals surface area contributed by atoms with Gasteiger partial charge in [0.1, 0.15) is 0 Å². The van der Waals surface area contributed by atoms with Crippen molar-refractivity contribution in [3.63, 3.8) is 0 Å². The maximum absolute atomic E-state index is 6.36. The van der Waals surface area contributed by atoms with E-state index in [0.29, 0.717) is 5.92 Å². The lowest BCUT2D eigenvalue weighted by molar-refractivity contribution is 0.530. The molecule has 20 heavy (non-hydrogen) atoms. The minimum absolute atomic E-state index is 0.680. The Morgan fingerprint density at radius 3 is 2.85 bits per heavy atom. The molecule has 1 heterocycles. The van der Waals surface area contributed by atoms with Crippen molar-refractivity contribution in [2.75, 3.05) is 11.4 Å². The molecule has 0 spiro atoms. The van der Waals surface area contributed by atoms with Gasteiger partial charge in [-0.15, -0.1) is 0 Å². The summed E-state index contributed by atoms with van der Waals surface area (Å²) in [4.78, 5) is 2.44. The summed E-state index contributed by atoms with van der Waals surface area (Å²) in [7, 11) is 0. The molecule has 0 aliphatic carbocycles. The summed E-state index contributed by atoms with van der Waals surface area (Å²) in [6.07, 6.45) is 1.17. The molecule has 0 bridgehead atoms. The maximum Gasteiger partial charge on any atom is 0.0467 e. The van der Waals surface area contributed by atoms with Crippen LogP contribution < -0.4 is 4.90 Å². The normalized spacial score (nSPS) is 17.9. The standard InChI is InChI=1S/C17H17BrClN/c1-12-8-13-4-2-3-5-17(13)20(10-12)11-14-6-7-15(18)9-16(14)19/h2-7,9,12H,8,10-11H2,1H3. The summed E-state index contributed by atoms with van der Waals surface area (Å²) < 4.78 is 1.03. The fraction of sp³-hybridized carbons (Fsp3) is 0.294. The van der Waals surface area contributed by atoms with Crippen LogP contribution in [0.5, 0.6) is 0 Å². The molecule has 3 heteroatoms. The van der Waals surface area contributed by atoms with Gasteiger partial charge in [0.15, 0.2) is 0 Å². The first-order valence-corrected chi connectivity index (χ1v) is 8.07. The fourth-order valence-electron chi connectivity index (χ4n) is 2.91. The first kappa shape index (κ1) is 14.0. The third-order valence-corrected chi connectivity index (χ3v) is 4.65. The van der Waals surface area contributed by atoms with Crippen LogP contribution >= 0.6 is 27.5 Å². The van der Waals surface area contributed by atoms with Gasteiger partial charge in [0, 0.05) is 28.3 Å². The zero-order chi connectivity index (χ0) is 14.1. The predicted octanol–water partition coefficient (Wildman–Crippen LogP) is 5.30. The Bertz CT molecular complexity index is 626. The lowest BCUT2D eigenvalue weighted by Crippen LogP contribution is -2.33. The van der Waals surface area contributed by atoms with Gasteiger partial charge in [0.2, 0.25) is 0 Å². The van der Waals surface area contributed by atoms with Crippen molar-refractivity contribution in [3.05, 3.63) is 63.1 Å². The number of rotatable bonds is 2. The van der Waals surface area contributed by atoms with Crippen molar-refractivity contribution in [3.8, 4) is 0 Å². The summed E-state index contributed by atoms with van der Waals surface area (Å²) in [5.74, 6) is 0.680. The van der Waals surface area contributed by atoms with Crippen LogP contribution in [0.1, 0.15) is 18.1 Å². The molecule has 1 aliphatic heterocycles. The van der Waals surface area contributed by atoms with E-state index >= 15 is 0 Å². The Morgan fingerprint density at radius 1 is 1.25 bits per heavy atom. The first-order chi connectivity index (χ1) is 9.63. The molecular formula is C17H17BrClN. The van der Waals surface area contributed by atoms with Gasteiger partial charge < -0.3 is 4.90 Å². The zero-order valence-corrected chi connectivity index (χ0v) is 13.8. The quantitative estimate of drug-likeness (QED) is 0.710. The molecule has 2 aromatic carbocycles. The van der Waals surface area contributed by atoms with Gasteiger partial charge in [0.05, 0.1) is 0 Å². The SMILES string of the molecule is CC1Cc2ccccc2N(Cc2ccc(Br)cc2Cl)C1. The lowest BCUT2D eigenvalue weighted by Gasteiger charge is -2.35. The minimum Gasteiger partial charge on any atom is -0.367 e. The second-order valence-corrected chi connectivity index (χ2v) is 6.88. The minimum atomic E-state index is 0.680. The Morgan fingerprint density at radius 2 is 2.05 bits per heavy atom. The summed E-state index contributed by atoms with van der Waals surface area (Å²) in [6, 6.07) is 14.8. The number of para-hydroxylation sites is 1. The van der Waals surface area contributed by atoms with Gasteiger partial charge in [-0.05, 0) is 41.7 Å². The van der Waals surface area contributed by atoms with E-state index < -0.39 is 0 Å². The Labute approximate surface area is 133 Å². The van der Waals surface area contributed by atoms with Crippen molar-refractivity contribution in [2.24, 2.45) is 5.92 Å². The molecule has 2 aromatic rings. The highest BCUT2D eigenvalue weighted by Crippen LogP contribution is 2.32. The van der Waals surface area contributed by atoms with E-state index in [2.05, 4.69) is 64.2 Å². The number of hydrogen-bond donors (Lipinski definition) is 0. The van der Waals surface area contributed by atoms with Gasteiger partial charge >= 0.3 is 0 Å². The topological polar surface area (TPSA) is 3.24 Å². The van der Waals surface area contributed by atoms with Crippen molar-refractivity contribution < 1.29 is 0 Å². The second-order valence-electron chi connectivity index (χ2n) is 5.55. The number of hydrogen-bond acceptors (Lipinski definition) is 1. The molecule has 0 saturated heterocycles. The largest absolute Gasteiger partial charge is 0.367 e. The number of nitrogens with zero attached hydrogens (tertiary/aromatic N) is 1. The van der Waals surface area contributed by atoms with E-state index in [0.717, 1.165) is 22.6 Å². The van der Waals surface area contributed by atoms with Crippen molar-refractivity contribution in [1.82, 2.24) is 0 Å². The molecule has 0 amide bonds. The molecule has 1 atom stereocenters. The Hall–Kier alpha value is -0.990. The van der Waals surface area contributed by atoms with Crippen LogP contribution in [-0.2, 0) is 13.0 Å². The molecule has 1 unspecified atom stereocenters. The third kappa shape index (κ3) is 2.87. The van der Waals surface area contributed by atoms with Crippen LogP contribution in [0.4, 0.5) is 5.69 Å². The van der Waals surface area contributed by atoms with E-state index in [1.54, 1.807) is 0 Å². The Balaban J connectivity index is 1.91. The zero-order valence-electron chi connectivity index (χ0n) is 11.4. The van der Waals surface area contributed by atoms with Crippen molar-refractivity contribution in [1.29, 1.82) is 0 Å². The van der Waals surface area contributed by atoms with Gasteiger partial charge in [-0.3, -0.25) is 0 Å². The van der Waals surface area contributed by atoms with E-state index in [4.69, 9.17) is 11.6 Å². The smallest absolute Gasteiger partial charge is 0.0467 e. The molecule has 0 radical (unpaired) electrons. The molecule has 1 aliphatic rings. The number of halogens is 2. The van der Waals surface area contributed by atoms with E-state index in [1.807, 2.05) is 6.07 Å². The molecular weight excluding hydrogens is 334 g/mol. The molecule has 104 valence electrons. The van der Waals surface area contributed by atoms with E-state index in [-0.39, 0.29) is 0 Å². The summed E-state index contributed by atoms with van der Waals surface area (Å²) in [6.45, 7) is 4.27. The third-order valence-electron chi connectivity index (χ3n) is 3.81. The van der Waals surface area contributed by atoms with Gasteiger partial charge in [-0.2, -0.15) is 0 Å². The van der Waals surface area contributed by atoms with Crippen molar-refractivity contribution in [2.45, 2.75) is 19.9 Å². The van der Waals surface area contributed by atoms with Crippen LogP contribution in [0, 0.1) is 5.92 Å². The van der Waals surface area contributed by atoms with Crippen LogP contribution in [0.3, 0.4) is 0 Å². The lowest BCUT2D eigenvalue weighted by atomic mass is 9.93. The monoisotopic (exact) mass is 349 g/mol. The van der Waals surface area contributed by atoms with Gasteiger partial charge in [0.25, 0.3) is 0 Å². The molecule has 0 fully saturated rings. The summed E-state index contributed by atoms with van der Waals surface area (Å²) in [5.41, 5.74) is 3.97. The average Bonchev–Trinajstić information content (AvgIpc) is 2.41. The number of anilines is 1. The molecule has 0 N–H and O–H groups in total. The van der Waals surface area contributed by atoms with Crippen LogP contribution in [-0.4, -0.2) is 6.54 Å². The second kappa shape index (κ2) is 5.79. The van der Waals surface area contributed by atoms with Crippen molar-refractivity contribution >= 4 is 33.2 Å². The van der Waals surface area contributed by atoms with E-state index in [1.165, 1.54) is 23.2 Å². The van der Waals surface area contributed by atoms with E-state index in [9.17, 15) is 0 Å². The molecule has 0 saturated carbocycles. The predicted molar refractivity (Wildman–Crippen MR) is 89.5 cm³/mol. The fourth-order valence-corrected chi connectivity index (χ4v) is 3.64. The van der Waals surface area contributed by atoms with Gasteiger partial charge in [-0.25, -0.2) is 0 Å². The average molecular weight is 351 g/mol. The van der Waals surface area contributed by atoms with Gasteiger partial charge in [-0.1, -0.05) is 58.7 Å². The summed E-state index contributed by atoms with van der Waals surface area (Å²) in [5, 5.41) is 0.829. The maximum atomic E-state index is 6.36. The summed E-state index contributed by atoms with van der Waals surface area (Å²) >= 11 is 9.81. The number of benzene rings is 2. The van der Waals surface area contributed by atoms with Crippen LogP contribution in [0.2, 0.25) is 5.02 Å². The highest BCUT2D eigenvalue weighted by Gasteiger charge is 2.21. The molecule has 3 rings (SSSR count).